The van der Waals surface area contributed by atoms with E-state index in [1.165, 1.54) is 48.5 Å². The molecule has 1 unspecified atom stereocenters. The Morgan fingerprint density at radius 1 is 1.14 bits per heavy atom. The van der Waals surface area contributed by atoms with Crippen LogP contribution in [-0.4, -0.2) is 65.1 Å². The molecule has 0 aliphatic carbocycles. The normalized spacial score (nSPS) is 15.7. The van der Waals surface area contributed by atoms with Gasteiger partial charge >= 0.3 is 0 Å². The Hall–Kier alpha value is -2.44. The van der Waals surface area contributed by atoms with Gasteiger partial charge in [0.2, 0.25) is 10.0 Å². The number of sulfonamides is 1. The predicted octanol–water partition coefficient (Wildman–Crippen LogP) is 3.75. The molecule has 0 spiro atoms. The molecular formula is C24H30ClN3O6S2. The van der Waals surface area contributed by atoms with Crippen LogP contribution < -0.4 is 10.0 Å². The molecule has 196 valence electrons. The van der Waals surface area contributed by atoms with Gasteiger partial charge in [0.25, 0.3) is 5.91 Å². The first-order valence-corrected chi connectivity index (χ1v) is 15.0. The number of nitrogens with one attached hydrogen (secondary N) is 2. The molecule has 12 heteroatoms. The summed E-state index contributed by atoms with van der Waals surface area (Å²) in [7, 11) is -7.38. The number of ether oxygens (including phenoxy) is 1. The summed E-state index contributed by atoms with van der Waals surface area (Å²) >= 11 is 6.05. The maximum Gasteiger partial charge on any atom is 0.257 e. The van der Waals surface area contributed by atoms with Crippen molar-refractivity contribution in [2.45, 2.75) is 30.0 Å². The molecule has 1 heterocycles. The molecule has 2 aromatic carbocycles. The summed E-state index contributed by atoms with van der Waals surface area (Å²) in [4.78, 5) is 14.9. The Balaban J connectivity index is 1.78. The number of sulfone groups is 1. The summed E-state index contributed by atoms with van der Waals surface area (Å²) in [5, 5.41) is 2.03. The van der Waals surface area contributed by atoms with Gasteiger partial charge in [-0.05, 0) is 48.9 Å². The van der Waals surface area contributed by atoms with Crippen LogP contribution in [0.1, 0.15) is 30.1 Å². The molecular weight excluding hydrogens is 526 g/mol. The van der Waals surface area contributed by atoms with Crippen molar-refractivity contribution in [1.29, 1.82) is 0 Å². The topological polar surface area (TPSA) is 122 Å². The molecule has 9 nitrogen and oxygen atoms in total. The molecule has 1 aliphatic rings. The average molecular weight is 556 g/mol. The van der Waals surface area contributed by atoms with E-state index in [0.29, 0.717) is 44.8 Å². The zero-order valence-electron chi connectivity index (χ0n) is 19.9. The molecule has 2 aromatic rings. The van der Waals surface area contributed by atoms with Crippen LogP contribution in [0.3, 0.4) is 0 Å². The molecule has 0 radical (unpaired) electrons. The van der Waals surface area contributed by atoms with Crippen molar-refractivity contribution in [1.82, 2.24) is 4.90 Å². The predicted molar refractivity (Wildman–Crippen MR) is 142 cm³/mol. The van der Waals surface area contributed by atoms with Gasteiger partial charge in [0, 0.05) is 23.8 Å². The number of rotatable bonds is 11. The fourth-order valence-electron chi connectivity index (χ4n) is 3.72. The summed E-state index contributed by atoms with van der Waals surface area (Å²) in [6.07, 6.45) is 2.59. The van der Waals surface area contributed by atoms with Crippen LogP contribution in [-0.2, 0) is 24.6 Å². The molecule has 2 N–H and O–H groups in total. The van der Waals surface area contributed by atoms with Gasteiger partial charge in [-0.25, -0.2) is 16.8 Å². The van der Waals surface area contributed by atoms with Gasteiger partial charge in [-0.1, -0.05) is 31.0 Å². The number of nitrogens with zero attached hydrogens (tertiary/aromatic N) is 1. The van der Waals surface area contributed by atoms with Gasteiger partial charge in [-0.2, -0.15) is 0 Å². The highest BCUT2D eigenvalue weighted by Gasteiger charge is 2.31. The zero-order valence-corrected chi connectivity index (χ0v) is 22.3. The number of hydrogen-bond acceptors (Lipinski definition) is 7. The van der Waals surface area contributed by atoms with Crippen molar-refractivity contribution in [3.63, 3.8) is 0 Å². The minimum absolute atomic E-state index is 0.0401. The molecule has 0 bridgehead atoms. The molecule has 1 atom stereocenters. The highest BCUT2D eigenvalue weighted by molar-refractivity contribution is 7.92. The van der Waals surface area contributed by atoms with Gasteiger partial charge in [-0.3, -0.25) is 14.4 Å². The van der Waals surface area contributed by atoms with Gasteiger partial charge < -0.3 is 10.1 Å². The molecule has 0 saturated carbocycles. The maximum atomic E-state index is 13.2. The summed E-state index contributed by atoms with van der Waals surface area (Å²) in [5.41, 5.74) is 0.477. The lowest BCUT2D eigenvalue weighted by Crippen LogP contribution is -2.46. The van der Waals surface area contributed by atoms with Crippen LogP contribution in [0.4, 0.5) is 11.4 Å². The Kier molecular flexibility index (Phi) is 9.53. The number of amides is 1. The second-order valence-corrected chi connectivity index (χ2v) is 12.6. The fraction of sp³-hybridized carbons (Fsp3) is 0.375. The summed E-state index contributed by atoms with van der Waals surface area (Å²) < 4.78 is 58.8. The van der Waals surface area contributed by atoms with Crippen LogP contribution in [0.2, 0.25) is 5.02 Å². The van der Waals surface area contributed by atoms with E-state index in [2.05, 4.69) is 16.6 Å². The van der Waals surface area contributed by atoms with E-state index in [1.807, 2.05) is 6.92 Å². The van der Waals surface area contributed by atoms with Gasteiger partial charge in [0.1, 0.15) is 5.37 Å². The smallest absolute Gasteiger partial charge is 0.257 e. The Labute approximate surface area is 217 Å². The first-order chi connectivity index (χ1) is 17.1. The van der Waals surface area contributed by atoms with E-state index >= 15 is 0 Å². The van der Waals surface area contributed by atoms with Gasteiger partial charge in [0.15, 0.2) is 9.84 Å². The minimum atomic E-state index is -3.74. The Bertz CT molecular complexity index is 1290. The van der Waals surface area contributed by atoms with E-state index in [1.54, 1.807) is 4.90 Å². The van der Waals surface area contributed by atoms with Crippen LogP contribution in [0, 0.1) is 0 Å². The van der Waals surface area contributed by atoms with Crippen molar-refractivity contribution < 1.29 is 26.4 Å². The monoisotopic (exact) mass is 555 g/mol. The number of anilines is 2. The highest BCUT2D eigenvalue weighted by atomic mass is 35.5. The fourth-order valence-corrected chi connectivity index (χ4v) is 6.82. The van der Waals surface area contributed by atoms with Gasteiger partial charge in [0.05, 0.1) is 35.1 Å². The number of unbranched alkanes of at least 4 members (excludes halogenated alkanes) is 1. The molecule has 36 heavy (non-hydrogen) atoms. The number of carbonyl (C=O) groups is 1. The third-order valence-corrected chi connectivity index (χ3v) is 9.27. The summed E-state index contributed by atoms with van der Waals surface area (Å²) in [6, 6.07) is 10.0. The Morgan fingerprint density at radius 2 is 1.81 bits per heavy atom. The molecule has 1 amide bonds. The van der Waals surface area contributed by atoms with E-state index in [4.69, 9.17) is 16.3 Å². The largest absolute Gasteiger partial charge is 0.379 e. The van der Waals surface area contributed by atoms with E-state index in [0.717, 1.165) is 0 Å². The summed E-state index contributed by atoms with van der Waals surface area (Å²) in [6.45, 7) is 7.44. The third-order valence-electron chi connectivity index (χ3n) is 5.62. The van der Waals surface area contributed by atoms with Crippen LogP contribution in [0.25, 0.3) is 0 Å². The van der Waals surface area contributed by atoms with Crippen molar-refractivity contribution in [2.24, 2.45) is 0 Å². The standard InChI is InChI=1S/C24H30ClN3O6S2/c1-3-5-16-35(30,31)27-22-11-6-18(25)17-21(22)24(29)26-19-7-9-20(10-8-19)36(32,33)23(4-2)28-12-14-34-15-13-28/h4,6-11,17,23,27H,2-3,5,12-16H2,1H3,(H,26,29). The maximum absolute atomic E-state index is 13.2. The quantitative estimate of drug-likeness (QED) is 0.405. The first kappa shape index (κ1) is 28.1. The van der Waals surface area contributed by atoms with Crippen LogP contribution in [0.15, 0.2) is 60.0 Å². The van der Waals surface area contributed by atoms with Crippen molar-refractivity contribution >= 4 is 48.7 Å². The SMILES string of the molecule is C=CC(N1CCOCC1)S(=O)(=O)c1ccc(NC(=O)c2cc(Cl)ccc2NS(=O)(=O)CCCC)cc1. The second kappa shape index (κ2) is 12.2. The number of benzene rings is 2. The lowest BCUT2D eigenvalue weighted by molar-refractivity contribution is 0.0374. The molecule has 0 aromatic heterocycles. The third kappa shape index (κ3) is 7.07. The minimum Gasteiger partial charge on any atom is -0.379 e. The molecule has 1 aliphatic heterocycles. The second-order valence-electron chi connectivity index (χ2n) is 8.26. The first-order valence-electron chi connectivity index (χ1n) is 11.5. The summed E-state index contributed by atoms with van der Waals surface area (Å²) in [5.74, 6) is -0.669. The molecule has 1 saturated heterocycles. The number of halogens is 1. The average Bonchev–Trinajstić information content (AvgIpc) is 2.85. The Morgan fingerprint density at radius 3 is 2.42 bits per heavy atom. The van der Waals surface area contributed by atoms with E-state index in [9.17, 15) is 21.6 Å². The number of morpholine rings is 1. The van der Waals surface area contributed by atoms with E-state index < -0.39 is 31.1 Å². The number of hydrogen-bond donors (Lipinski definition) is 2. The van der Waals surface area contributed by atoms with E-state index in [-0.39, 0.29) is 26.9 Å². The highest BCUT2D eigenvalue weighted by Crippen LogP contribution is 2.25. The van der Waals surface area contributed by atoms with Gasteiger partial charge in [-0.15, -0.1) is 6.58 Å². The zero-order chi connectivity index (χ0) is 26.3. The van der Waals surface area contributed by atoms with Crippen LogP contribution in [0.5, 0.6) is 0 Å². The molecule has 1 fully saturated rings. The van der Waals surface area contributed by atoms with Crippen LogP contribution >= 0.6 is 11.6 Å². The van der Waals surface area contributed by atoms with Crippen molar-refractivity contribution in [2.75, 3.05) is 42.1 Å². The van der Waals surface area contributed by atoms with Crippen molar-refractivity contribution in [3.05, 3.63) is 65.7 Å². The number of carbonyl (C=O) groups excluding carboxylic acids is 1. The lowest BCUT2D eigenvalue weighted by atomic mass is 10.1. The van der Waals surface area contributed by atoms with Crippen molar-refractivity contribution in [3.8, 4) is 0 Å². The molecule has 3 rings (SSSR count). The lowest BCUT2D eigenvalue weighted by Gasteiger charge is -2.32.